The van der Waals surface area contributed by atoms with E-state index in [9.17, 15) is 14.4 Å². The maximum absolute atomic E-state index is 13.2. The van der Waals surface area contributed by atoms with Crippen molar-refractivity contribution in [3.63, 3.8) is 0 Å². The van der Waals surface area contributed by atoms with E-state index in [1.165, 1.54) is 4.57 Å². The van der Waals surface area contributed by atoms with E-state index in [1.54, 1.807) is 13.0 Å². The van der Waals surface area contributed by atoms with Crippen LogP contribution >= 0.6 is 11.8 Å². The van der Waals surface area contributed by atoms with Crippen molar-refractivity contribution in [2.24, 2.45) is 0 Å². The Balaban J connectivity index is 1.96. The Hall–Kier alpha value is -3.13. The van der Waals surface area contributed by atoms with Crippen LogP contribution in [0.5, 0.6) is 0 Å². The Morgan fingerprint density at radius 2 is 1.79 bits per heavy atom. The molecule has 3 aromatic rings. The van der Waals surface area contributed by atoms with E-state index in [4.69, 9.17) is 0 Å². The number of para-hydroxylation sites is 1. The fourth-order valence-corrected chi connectivity index (χ4v) is 3.39. The molecule has 144 valence electrons. The first kappa shape index (κ1) is 19.6. The first-order valence-corrected chi connectivity index (χ1v) is 9.77. The largest absolute Gasteiger partial charge is 0.273 e. The monoisotopic (exact) mass is 396 g/mol. The number of aryl methyl sites for hydroxylation is 1. The van der Waals surface area contributed by atoms with Crippen LogP contribution in [0.25, 0.3) is 16.6 Å². The van der Waals surface area contributed by atoms with Gasteiger partial charge in [-0.05, 0) is 31.2 Å². The summed E-state index contributed by atoms with van der Waals surface area (Å²) >= 11 is 1.13. The molecule has 0 atom stereocenters. The van der Waals surface area contributed by atoms with Crippen molar-refractivity contribution in [3.8, 4) is 5.69 Å². The smallest absolute Gasteiger partial charge is 0.266 e. The summed E-state index contributed by atoms with van der Waals surface area (Å²) in [6, 6.07) is 14.7. The molecule has 2 N–H and O–H groups in total. The van der Waals surface area contributed by atoms with Crippen molar-refractivity contribution in [1.82, 2.24) is 20.4 Å². The minimum atomic E-state index is -0.385. The van der Waals surface area contributed by atoms with Gasteiger partial charge < -0.3 is 0 Å². The Kier molecular flexibility index (Phi) is 6.10. The quantitative estimate of drug-likeness (QED) is 0.392. The van der Waals surface area contributed by atoms with E-state index in [-0.39, 0.29) is 29.5 Å². The maximum Gasteiger partial charge on any atom is 0.266 e. The molecule has 0 fully saturated rings. The van der Waals surface area contributed by atoms with Gasteiger partial charge in [-0.15, -0.1) is 0 Å². The Morgan fingerprint density at radius 3 is 2.50 bits per heavy atom. The second-order valence-electron chi connectivity index (χ2n) is 6.13. The van der Waals surface area contributed by atoms with Crippen molar-refractivity contribution >= 4 is 34.5 Å². The summed E-state index contributed by atoms with van der Waals surface area (Å²) in [5.41, 5.74) is 6.69. The van der Waals surface area contributed by atoms with E-state index in [2.05, 4.69) is 15.8 Å². The summed E-state index contributed by atoms with van der Waals surface area (Å²) in [5.74, 6) is -0.663. The van der Waals surface area contributed by atoms with Crippen LogP contribution in [0.2, 0.25) is 0 Å². The van der Waals surface area contributed by atoms with Gasteiger partial charge in [0.1, 0.15) is 0 Å². The average molecular weight is 396 g/mol. The van der Waals surface area contributed by atoms with Crippen LogP contribution in [-0.2, 0) is 9.59 Å². The van der Waals surface area contributed by atoms with Gasteiger partial charge in [-0.2, -0.15) is 0 Å². The lowest BCUT2D eigenvalue weighted by molar-refractivity contribution is -0.127. The van der Waals surface area contributed by atoms with Crippen molar-refractivity contribution in [2.75, 3.05) is 5.75 Å². The van der Waals surface area contributed by atoms with Crippen LogP contribution in [0.3, 0.4) is 0 Å². The fourth-order valence-electron chi connectivity index (χ4n) is 2.57. The highest BCUT2D eigenvalue weighted by Gasteiger charge is 2.15. The summed E-state index contributed by atoms with van der Waals surface area (Å²) in [6.07, 6.45) is 0.270. The van der Waals surface area contributed by atoms with E-state index >= 15 is 0 Å². The summed E-state index contributed by atoms with van der Waals surface area (Å²) < 4.78 is 1.50. The number of nitrogens with zero attached hydrogens (tertiary/aromatic N) is 2. The van der Waals surface area contributed by atoms with Crippen molar-refractivity contribution in [3.05, 3.63) is 64.4 Å². The number of hydrazine groups is 1. The second-order valence-corrected chi connectivity index (χ2v) is 7.07. The van der Waals surface area contributed by atoms with E-state index in [0.29, 0.717) is 21.7 Å². The minimum Gasteiger partial charge on any atom is -0.273 e. The lowest BCUT2D eigenvalue weighted by Crippen LogP contribution is -2.42. The zero-order valence-electron chi connectivity index (χ0n) is 15.6. The molecule has 2 aromatic carbocycles. The lowest BCUT2D eigenvalue weighted by Gasteiger charge is -2.13. The predicted molar refractivity (Wildman–Crippen MR) is 109 cm³/mol. The number of benzene rings is 2. The zero-order valence-corrected chi connectivity index (χ0v) is 16.4. The Morgan fingerprint density at radius 1 is 1.07 bits per heavy atom. The number of nitrogens with one attached hydrogen (secondary N) is 2. The second kappa shape index (κ2) is 8.71. The van der Waals surface area contributed by atoms with Gasteiger partial charge in [-0.3, -0.25) is 29.8 Å². The molecule has 1 aromatic heterocycles. The number of hydrogen-bond acceptors (Lipinski definition) is 5. The molecule has 0 radical (unpaired) electrons. The standard InChI is InChI=1S/C20H20N4O3S/c1-3-17(25)22-23-18(26)12-28-20-21-16-10-9-13(2)11-15(16)19(27)24(20)14-7-5-4-6-8-14/h4-11H,3,12H2,1-2H3,(H,22,25)(H,23,26). The van der Waals surface area contributed by atoms with Crippen LogP contribution < -0.4 is 16.4 Å². The number of rotatable bonds is 5. The summed E-state index contributed by atoms with van der Waals surface area (Å²) in [4.78, 5) is 41.0. The Labute approximate surface area is 166 Å². The molecule has 0 saturated heterocycles. The Bertz CT molecular complexity index is 1080. The van der Waals surface area contributed by atoms with E-state index in [0.717, 1.165) is 17.3 Å². The first-order valence-electron chi connectivity index (χ1n) is 8.79. The van der Waals surface area contributed by atoms with Gasteiger partial charge >= 0.3 is 0 Å². The molecular formula is C20H20N4O3S. The predicted octanol–water partition coefficient (Wildman–Crippen LogP) is 2.34. The van der Waals surface area contributed by atoms with Gasteiger partial charge in [0, 0.05) is 6.42 Å². The molecule has 3 rings (SSSR count). The lowest BCUT2D eigenvalue weighted by atomic mass is 10.1. The van der Waals surface area contributed by atoms with Gasteiger partial charge in [0.25, 0.3) is 5.56 Å². The molecule has 8 heteroatoms. The highest BCUT2D eigenvalue weighted by molar-refractivity contribution is 7.99. The van der Waals surface area contributed by atoms with Crippen LogP contribution in [0, 0.1) is 6.92 Å². The number of aromatic nitrogens is 2. The van der Waals surface area contributed by atoms with Crippen molar-refractivity contribution < 1.29 is 9.59 Å². The third kappa shape index (κ3) is 4.40. The number of hydrogen-bond donors (Lipinski definition) is 2. The van der Waals surface area contributed by atoms with Gasteiger partial charge in [-0.25, -0.2) is 4.98 Å². The number of fused-ring (bicyclic) bond motifs is 1. The molecule has 28 heavy (non-hydrogen) atoms. The maximum atomic E-state index is 13.2. The SMILES string of the molecule is CCC(=O)NNC(=O)CSc1nc2ccc(C)cc2c(=O)n1-c1ccccc1. The van der Waals surface area contributed by atoms with Crippen molar-refractivity contribution in [2.45, 2.75) is 25.4 Å². The van der Waals surface area contributed by atoms with Gasteiger partial charge in [0.05, 0.1) is 22.3 Å². The molecule has 7 nitrogen and oxygen atoms in total. The van der Waals surface area contributed by atoms with Crippen molar-refractivity contribution in [1.29, 1.82) is 0 Å². The van der Waals surface area contributed by atoms with Gasteiger partial charge in [0.15, 0.2) is 5.16 Å². The van der Waals surface area contributed by atoms with Crippen LogP contribution in [0.4, 0.5) is 0 Å². The average Bonchev–Trinajstić information content (AvgIpc) is 2.71. The highest BCUT2D eigenvalue weighted by Crippen LogP contribution is 2.21. The normalized spacial score (nSPS) is 10.6. The molecule has 0 spiro atoms. The zero-order chi connectivity index (χ0) is 20.1. The molecule has 0 saturated carbocycles. The van der Waals surface area contributed by atoms with E-state index in [1.807, 2.05) is 49.4 Å². The number of amides is 2. The number of carbonyl (C=O) groups excluding carboxylic acids is 2. The number of thioether (sulfide) groups is 1. The topological polar surface area (TPSA) is 93.1 Å². The molecule has 0 unspecified atom stereocenters. The van der Waals surface area contributed by atoms with E-state index < -0.39 is 0 Å². The number of carbonyl (C=O) groups is 2. The van der Waals surface area contributed by atoms with Gasteiger partial charge in [-0.1, -0.05) is 48.5 Å². The molecule has 0 aliphatic rings. The van der Waals surface area contributed by atoms with Crippen LogP contribution in [0.15, 0.2) is 58.5 Å². The molecule has 0 aliphatic carbocycles. The summed E-state index contributed by atoms with van der Waals surface area (Å²) in [6.45, 7) is 3.61. The van der Waals surface area contributed by atoms with Gasteiger partial charge in [0.2, 0.25) is 11.8 Å². The highest BCUT2D eigenvalue weighted by atomic mass is 32.2. The molecular weight excluding hydrogens is 376 g/mol. The summed E-state index contributed by atoms with van der Waals surface area (Å²) in [5, 5.41) is 0.928. The third-order valence-corrected chi connectivity index (χ3v) is 4.94. The minimum absolute atomic E-state index is 0.000631. The molecule has 2 amide bonds. The third-order valence-electron chi connectivity index (χ3n) is 4.00. The summed E-state index contributed by atoms with van der Waals surface area (Å²) in [7, 11) is 0. The molecule has 0 aliphatic heterocycles. The van der Waals surface area contributed by atoms with Crippen LogP contribution in [-0.4, -0.2) is 27.1 Å². The van der Waals surface area contributed by atoms with Crippen LogP contribution in [0.1, 0.15) is 18.9 Å². The molecule has 1 heterocycles. The first-order chi connectivity index (χ1) is 13.5. The molecule has 0 bridgehead atoms. The fraction of sp³-hybridized carbons (Fsp3) is 0.200.